The summed E-state index contributed by atoms with van der Waals surface area (Å²) < 4.78 is 53.6. The Bertz CT molecular complexity index is 1350. The molecule has 39 heavy (non-hydrogen) atoms. The van der Waals surface area contributed by atoms with Gasteiger partial charge in [0.2, 0.25) is 0 Å². The lowest BCUT2D eigenvalue weighted by molar-refractivity contribution is -0.138. The molecule has 210 valence electrons. The molecule has 0 bridgehead atoms. The number of nitrogens with zero attached hydrogens (tertiary/aromatic N) is 4. The fraction of sp³-hybridized carbons (Fsp3) is 0.679. The van der Waals surface area contributed by atoms with E-state index in [1.807, 2.05) is 9.80 Å². The first-order valence-corrected chi connectivity index (χ1v) is 16.6. The summed E-state index contributed by atoms with van der Waals surface area (Å²) in [5.74, 6) is 3.21. The standard InChI is InChI=1S/C28H35F3N5O2P/c1-39(2,38)21-6-5-19(22(8-21)28(29,30)31)7-17-9-26(10-17)13-35(14-26)25(37)36-15-27(16-36)11-20(12-27)24-32-23(33-34-24)18-3-4-18/h5-6,8,17-18,20H,3-4,7,9-16H2,1-2H3,(H,32,33,34). The van der Waals surface area contributed by atoms with Crippen LogP contribution in [0.2, 0.25) is 0 Å². The van der Waals surface area contributed by atoms with Crippen LogP contribution in [0.5, 0.6) is 0 Å². The van der Waals surface area contributed by atoms with Gasteiger partial charge in [0.1, 0.15) is 18.8 Å². The van der Waals surface area contributed by atoms with E-state index >= 15 is 0 Å². The van der Waals surface area contributed by atoms with Crippen LogP contribution in [-0.4, -0.2) is 70.5 Å². The largest absolute Gasteiger partial charge is 0.416 e. The summed E-state index contributed by atoms with van der Waals surface area (Å²) >= 11 is 0. The van der Waals surface area contributed by atoms with Crippen molar-refractivity contribution in [2.24, 2.45) is 16.7 Å². The minimum absolute atomic E-state index is 0.0663. The van der Waals surface area contributed by atoms with E-state index in [-0.39, 0.29) is 33.6 Å². The van der Waals surface area contributed by atoms with E-state index in [4.69, 9.17) is 0 Å². The number of hydrogen-bond acceptors (Lipinski definition) is 4. The van der Waals surface area contributed by atoms with E-state index in [1.165, 1.54) is 32.2 Å². The van der Waals surface area contributed by atoms with Crippen LogP contribution in [0, 0.1) is 16.7 Å². The SMILES string of the molecule is CP(C)(=O)c1ccc(CC2CC3(C2)CN(C(=O)N2CC4(CC(c5nnc(C6CC6)[nH]5)C4)C2)C3)c(C(F)(F)F)c1. The third-order valence-electron chi connectivity index (χ3n) is 9.85. The van der Waals surface area contributed by atoms with Gasteiger partial charge in [-0.25, -0.2) is 4.79 Å². The maximum Gasteiger partial charge on any atom is 0.416 e. The molecular formula is C28H35F3N5O2P. The summed E-state index contributed by atoms with van der Waals surface area (Å²) in [7, 11) is -2.77. The first-order valence-electron chi connectivity index (χ1n) is 14.0. The number of aromatic amines is 1. The van der Waals surface area contributed by atoms with Crippen molar-refractivity contribution < 1.29 is 22.5 Å². The third-order valence-corrected chi connectivity index (χ3v) is 11.4. The maximum absolute atomic E-state index is 13.8. The molecule has 3 aliphatic carbocycles. The summed E-state index contributed by atoms with van der Waals surface area (Å²) in [6, 6.07) is 4.28. The molecule has 0 atom stereocenters. The Balaban J connectivity index is 0.879. The number of benzene rings is 1. The number of alkyl halides is 3. The summed E-state index contributed by atoms with van der Waals surface area (Å²) in [6.45, 7) is 6.00. The lowest BCUT2D eigenvalue weighted by Crippen LogP contribution is -2.71. The number of rotatable bonds is 5. The number of H-pyrrole nitrogens is 1. The smallest absolute Gasteiger partial charge is 0.328 e. The van der Waals surface area contributed by atoms with Crippen LogP contribution in [0.25, 0.3) is 0 Å². The Labute approximate surface area is 226 Å². The van der Waals surface area contributed by atoms with Crippen LogP contribution in [-0.2, 0) is 17.2 Å². The Morgan fingerprint density at radius 3 is 2.08 bits per heavy atom. The second-order valence-corrected chi connectivity index (χ2v) is 16.9. The number of likely N-dealkylation sites (tertiary alicyclic amines) is 2. The minimum atomic E-state index is -4.47. The monoisotopic (exact) mass is 561 g/mol. The van der Waals surface area contributed by atoms with Crippen molar-refractivity contribution in [2.45, 2.75) is 63.0 Å². The van der Waals surface area contributed by atoms with Crippen molar-refractivity contribution in [3.05, 3.63) is 41.0 Å². The highest BCUT2D eigenvalue weighted by molar-refractivity contribution is 7.70. The van der Waals surface area contributed by atoms with Gasteiger partial charge in [0.15, 0.2) is 0 Å². The molecule has 7 nitrogen and oxygen atoms in total. The van der Waals surface area contributed by atoms with Crippen molar-refractivity contribution in [2.75, 3.05) is 39.5 Å². The Hall–Kier alpha value is -2.35. The van der Waals surface area contributed by atoms with Gasteiger partial charge in [-0.15, -0.1) is 10.2 Å². The third kappa shape index (κ3) is 4.51. The maximum atomic E-state index is 13.8. The van der Waals surface area contributed by atoms with Gasteiger partial charge in [-0.3, -0.25) is 0 Å². The molecular weight excluding hydrogens is 526 g/mol. The highest BCUT2D eigenvalue weighted by atomic mass is 31.2. The highest BCUT2D eigenvalue weighted by Crippen LogP contribution is 2.57. The first kappa shape index (κ1) is 25.6. The quantitative estimate of drug-likeness (QED) is 0.509. The van der Waals surface area contributed by atoms with E-state index in [2.05, 4.69) is 15.2 Å². The number of aromatic nitrogens is 3. The van der Waals surface area contributed by atoms with Gasteiger partial charge < -0.3 is 19.3 Å². The average Bonchev–Trinajstić information content (AvgIpc) is 3.48. The minimum Gasteiger partial charge on any atom is -0.328 e. The van der Waals surface area contributed by atoms with Crippen LogP contribution in [0.15, 0.2) is 18.2 Å². The number of halogens is 3. The van der Waals surface area contributed by atoms with Crippen LogP contribution >= 0.6 is 7.14 Å². The lowest BCUT2D eigenvalue weighted by atomic mass is 9.56. The van der Waals surface area contributed by atoms with E-state index < -0.39 is 18.9 Å². The van der Waals surface area contributed by atoms with Crippen molar-refractivity contribution in [1.82, 2.24) is 25.0 Å². The lowest BCUT2D eigenvalue weighted by Gasteiger charge is -2.63. The summed E-state index contributed by atoms with van der Waals surface area (Å²) in [4.78, 5) is 20.3. The highest BCUT2D eigenvalue weighted by Gasteiger charge is 2.58. The number of carbonyl (C=O) groups is 1. The van der Waals surface area contributed by atoms with E-state index in [1.54, 1.807) is 6.07 Å². The second kappa shape index (κ2) is 8.34. The number of urea groups is 1. The van der Waals surface area contributed by atoms with Crippen LogP contribution in [0.3, 0.4) is 0 Å². The number of hydrogen-bond donors (Lipinski definition) is 1. The average molecular weight is 562 g/mol. The molecule has 2 aromatic rings. The zero-order valence-corrected chi connectivity index (χ0v) is 23.3. The molecule has 1 aromatic carbocycles. The van der Waals surface area contributed by atoms with Crippen molar-refractivity contribution >= 4 is 18.5 Å². The van der Waals surface area contributed by atoms with Crippen molar-refractivity contribution in [3.63, 3.8) is 0 Å². The van der Waals surface area contributed by atoms with Gasteiger partial charge in [0, 0.05) is 54.1 Å². The van der Waals surface area contributed by atoms with Gasteiger partial charge in [0.05, 0.1) is 5.56 Å². The molecule has 2 saturated heterocycles. The molecule has 11 heteroatoms. The Kier molecular flexibility index (Phi) is 5.47. The molecule has 5 aliphatic rings. The zero-order valence-electron chi connectivity index (χ0n) is 22.4. The van der Waals surface area contributed by atoms with E-state index in [9.17, 15) is 22.5 Å². The first-order chi connectivity index (χ1) is 18.3. The van der Waals surface area contributed by atoms with Gasteiger partial charge in [-0.2, -0.15) is 13.2 Å². The van der Waals surface area contributed by atoms with Gasteiger partial charge in [-0.05, 0) is 75.8 Å². The summed E-state index contributed by atoms with van der Waals surface area (Å²) in [5, 5.41) is 8.93. The normalized spacial score (nSPS) is 24.3. The number of carbonyl (C=O) groups excluding carboxylic acids is 1. The molecule has 2 aliphatic heterocycles. The van der Waals surface area contributed by atoms with Crippen molar-refractivity contribution in [3.8, 4) is 0 Å². The Morgan fingerprint density at radius 1 is 0.974 bits per heavy atom. The molecule has 0 radical (unpaired) electrons. The van der Waals surface area contributed by atoms with Gasteiger partial charge in [0.25, 0.3) is 0 Å². The van der Waals surface area contributed by atoms with Crippen molar-refractivity contribution in [1.29, 1.82) is 0 Å². The molecule has 2 amide bonds. The molecule has 1 aromatic heterocycles. The molecule has 7 rings (SSSR count). The zero-order chi connectivity index (χ0) is 27.4. The molecule has 5 fully saturated rings. The summed E-state index contributed by atoms with van der Waals surface area (Å²) in [6.07, 6.45) is 2.11. The Morgan fingerprint density at radius 2 is 1.54 bits per heavy atom. The summed E-state index contributed by atoms with van der Waals surface area (Å²) in [5.41, 5.74) is -0.0828. The van der Waals surface area contributed by atoms with Crippen LogP contribution < -0.4 is 5.30 Å². The van der Waals surface area contributed by atoms with Gasteiger partial charge in [-0.1, -0.05) is 12.1 Å². The second-order valence-electron chi connectivity index (χ2n) is 13.6. The molecule has 3 saturated carbocycles. The van der Waals surface area contributed by atoms with E-state index in [0.29, 0.717) is 31.3 Å². The number of nitrogens with one attached hydrogen (secondary N) is 1. The fourth-order valence-electron chi connectivity index (χ4n) is 7.67. The fourth-order valence-corrected chi connectivity index (χ4v) is 8.54. The predicted molar refractivity (Wildman–Crippen MR) is 141 cm³/mol. The molecule has 1 N–H and O–H groups in total. The molecule has 2 spiro atoms. The molecule has 0 unspecified atom stereocenters. The molecule has 3 heterocycles. The topological polar surface area (TPSA) is 82.2 Å². The predicted octanol–water partition coefficient (Wildman–Crippen LogP) is 5.20. The van der Waals surface area contributed by atoms with Gasteiger partial charge >= 0.3 is 12.2 Å². The number of amides is 2. The van der Waals surface area contributed by atoms with Crippen LogP contribution in [0.1, 0.15) is 73.1 Å². The van der Waals surface area contributed by atoms with Crippen LogP contribution in [0.4, 0.5) is 18.0 Å². The van der Waals surface area contributed by atoms with E-state index in [0.717, 1.165) is 56.5 Å².